The summed E-state index contributed by atoms with van der Waals surface area (Å²) >= 11 is 0. The highest BCUT2D eigenvalue weighted by Gasteiger charge is 1.92. The molecule has 0 aliphatic heterocycles. The van der Waals surface area contributed by atoms with Crippen LogP contribution >= 0.6 is 0 Å². The van der Waals surface area contributed by atoms with Crippen molar-refractivity contribution in [1.29, 1.82) is 0 Å². The summed E-state index contributed by atoms with van der Waals surface area (Å²) in [7, 11) is 0. The molecule has 0 radical (unpaired) electrons. The number of hydrogen-bond acceptors (Lipinski definition) is 1. The molecule has 0 rings (SSSR count). The van der Waals surface area contributed by atoms with Crippen LogP contribution in [0.5, 0.6) is 0 Å². The normalized spacial score (nSPS) is 12.0. The van der Waals surface area contributed by atoms with Gasteiger partial charge in [-0.25, -0.2) is 0 Å². The van der Waals surface area contributed by atoms with Crippen LogP contribution in [0.3, 0.4) is 0 Å². The fourth-order valence-electron chi connectivity index (χ4n) is 0.662. The summed E-state index contributed by atoms with van der Waals surface area (Å²) in [5, 5.41) is 0. The lowest BCUT2D eigenvalue weighted by atomic mass is 10.1. The minimum Gasteiger partial charge on any atom is -0.404 e. The summed E-state index contributed by atoms with van der Waals surface area (Å²) in [6, 6.07) is 0. The zero-order valence-electron chi connectivity index (χ0n) is 7.30. The molecule has 0 bridgehead atoms. The van der Waals surface area contributed by atoms with Crippen molar-refractivity contribution < 1.29 is 0 Å². The lowest BCUT2D eigenvalue weighted by Gasteiger charge is -1.98. The lowest BCUT2D eigenvalue weighted by Crippen LogP contribution is -1.86. The molecular formula is C11H13N. The van der Waals surface area contributed by atoms with E-state index in [0.29, 0.717) is 5.57 Å². The van der Waals surface area contributed by atoms with Crippen LogP contribution in [-0.4, -0.2) is 0 Å². The first-order valence-corrected chi connectivity index (χ1v) is 3.54. The van der Waals surface area contributed by atoms with E-state index in [1.165, 1.54) is 6.20 Å². The Bertz CT molecular complexity index is 285. The molecule has 0 saturated carbocycles. The summed E-state index contributed by atoms with van der Waals surface area (Å²) < 4.78 is 0. The summed E-state index contributed by atoms with van der Waals surface area (Å²) in [5.41, 5.74) is 7.73. The first-order valence-electron chi connectivity index (χ1n) is 3.54. The molecule has 0 aromatic carbocycles. The monoisotopic (exact) mass is 159 g/mol. The Hall–Kier alpha value is -1.68. The molecule has 12 heavy (non-hydrogen) atoms. The first-order chi connectivity index (χ1) is 5.65. The highest BCUT2D eigenvalue weighted by Crippen LogP contribution is 2.10. The van der Waals surface area contributed by atoms with Gasteiger partial charge in [-0.2, -0.15) is 0 Å². The molecule has 0 heterocycles. The Morgan fingerprint density at radius 3 is 2.42 bits per heavy atom. The summed E-state index contributed by atoms with van der Waals surface area (Å²) in [6.45, 7) is 9.30. The standard InChI is InChI=1S/C11H13N/c1-5-10(8-12)7-11(6-2)9(3)4/h1,6-8H,2-3,12H2,4H3/b10-8-,11-7+. The van der Waals surface area contributed by atoms with Crippen LogP contribution in [0, 0.1) is 12.3 Å². The molecule has 0 unspecified atom stereocenters. The van der Waals surface area contributed by atoms with E-state index in [-0.39, 0.29) is 0 Å². The molecule has 2 N–H and O–H groups in total. The second kappa shape index (κ2) is 5.03. The average molecular weight is 159 g/mol. The minimum atomic E-state index is 0.632. The van der Waals surface area contributed by atoms with Crippen molar-refractivity contribution in [2.45, 2.75) is 6.92 Å². The largest absolute Gasteiger partial charge is 0.404 e. The third kappa shape index (κ3) is 2.94. The zero-order valence-corrected chi connectivity index (χ0v) is 7.30. The Labute approximate surface area is 74.0 Å². The lowest BCUT2D eigenvalue weighted by molar-refractivity contribution is 1.43. The topological polar surface area (TPSA) is 26.0 Å². The van der Waals surface area contributed by atoms with E-state index in [0.717, 1.165) is 11.1 Å². The molecule has 0 saturated heterocycles. The Kier molecular flexibility index (Phi) is 4.33. The smallest absolute Gasteiger partial charge is 0.0403 e. The predicted octanol–water partition coefficient (Wildman–Crippen LogP) is 2.15. The fraction of sp³-hybridized carbons (Fsp3) is 0.0909. The van der Waals surface area contributed by atoms with Gasteiger partial charge in [0.1, 0.15) is 0 Å². The molecular weight excluding hydrogens is 146 g/mol. The van der Waals surface area contributed by atoms with Crippen LogP contribution in [-0.2, 0) is 0 Å². The van der Waals surface area contributed by atoms with Gasteiger partial charge < -0.3 is 5.73 Å². The number of rotatable bonds is 3. The van der Waals surface area contributed by atoms with E-state index in [2.05, 4.69) is 19.1 Å². The fourth-order valence-corrected chi connectivity index (χ4v) is 0.662. The maximum absolute atomic E-state index is 5.27. The molecule has 1 heteroatoms. The highest BCUT2D eigenvalue weighted by atomic mass is 14.5. The zero-order chi connectivity index (χ0) is 9.56. The van der Waals surface area contributed by atoms with E-state index in [9.17, 15) is 0 Å². The van der Waals surface area contributed by atoms with Crippen LogP contribution in [0.25, 0.3) is 0 Å². The molecule has 0 aromatic heterocycles. The second-order valence-electron chi connectivity index (χ2n) is 2.35. The van der Waals surface area contributed by atoms with E-state index in [1.54, 1.807) is 12.2 Å². The van der Waals surface area contributed by atoms with Crippen LogP contribution in [0.15, 0.2) is 48.2 Å². The van der Waals surface area contributed by atoms with Gasteiger partial charge >= 0.3 is 0 Å². The first kappa shape index (κ1) is 10.3. The molecule has 0 aliphatic rings. The Morgan fingerprint density at radius 2 is 2.17 bits per heavy atom. The predicted molar refractivity (Wildman–Crippen MR) is 54.2 cm³/mol. The number of terminal acetylenes is 1. The van der Waals surface area contributed by atoms with Crippen LogP contribution < -0.4 is 5.73 Å². The third-order valence-corrected chi connectivity index (χ3v) is 1.37. The second-order valence-corrected chi connectivity index (χ2v) is 2.35. The van der Waals surface area contributed by atoms with Crippen LogP contribution in [0.4, 0.5) is 0 Å². The molecule has 0 aromatic rings. The maximum Gasteiger partial charge on any atom is 0.0403 e. The molecule has 0 fully saturated rings. The minimum absolute atomic E-state index is 0.632. The highest BCUT2D eigenvalue weighted by molar-refractivity contribution is 5.46. The van der Waals surface area contributed by atoms with E-state index in [1.807, 2.05) is 6.92 Å². The quantitative estimate of drug-likeness (QED) is 0.495. The number of nitrogens with two attached hydrogens (primary N) is 1. The molecule has 0 spiro atoms. The van der Waals surface area contributed by atoms with Gasteiger partial charge in [0.05, 0.1) is 0 Å². The van der Waals surface area contributed by atoms with Crippen molar-refractivity contribution in [1.82, 2.24) is 0 Å². The molecule has 0 aliphatic carbocycles. The summed E-state index contributed by atoms with van der Waals surface area (Å²) in [4.78, 5) is 0. The van der Waals surface area contributed by atoms with Gasteiger partial charge in [-0.15, -0.1) is 6.42 Å². The maximum atomic E-state index is 5.27. The van der Waals surface area contributed by atoms with Gasteiger partial charge in [-0.1, -0.05) is 30.7 Å². The van der Waals surface area contributed by atoms with Crippen LogP contribution in [0.1, 0.15) is 6.92 Å². The van der Waals surface area contributed by atoms with Gasteiger partial charge in [0, 0.05) is 11.8 Å². The number of hydrogen-bond donors (Lipinski definition) is 1. The van der Waals surface area contributed by atoms with E-state index in [4.69, 9.17) is 12.2 Å². The van der Waals surface area contributed by atoms with E-state index >= 15 is 0 Å². The van der Waals surface area contributed by atoms with Crippen molar-refractivity contribution in [3.05, 3.63) is 48.2 Å². The van der Waals surface area contributed by atoms with Gasteiger partial charge in [0.25, 0.3) is 0 Å². The summed E-state index contributed by atoms with van der Waals surface area (Å²) in [6.07, 6.45) is 10.0. The van der Waals surface area contributed by atoms with Crippen LogP contribution in [0.2, 0.25) is 0 Å². The SMILES string of the molecule is C#CC(=C/N)/C=C(\C=C)C(=C)C. The van der Waals surface area contributed by atoms with E-state index < -0.39 is 0 Å². The molecule has 62 valence electrons. The molecule has 1 nitrogen and oxygen atoms in total. The average Bonchev–Trinajstić information content (AvgIpc) is 2.06. The van der Waals surface area contributed by atoms with Crippen molar-refractivity contribution in [2.24, 2.45) is 5.73 Å². The van der Waals surface area contributed by atoms with Gasteiger partial charge in [-0.3, -0.25) is 0 Å². The molecule has 0 atom stereocenters. The van der Waals surface area contributed by atoms with Gasteiger partial charge in [-0.05, 0) is 18.6 Å². The van der Waals surface area contributed by atoms with Crippen molar-refractivity contribution >= 4 is 0 Å². The van der Waals surface area contributed by atoms with Gasteiger partial charge in [0.2, 0.25) is 0 Å². The third-order valence-electron chi connectivity index (χ3n) is 1.37. The Morgan fingerprint density at radius 1 is 1.58 bits per heavy atom. The summed E-state index contributed by atoms with van der Waals surface area (Å²) in [5.74, 6) is 2.44. The molecule has 0 amide bonds. The van der Waals surface area contributed by atoms with Crippen molar-refractivity contribution in [3.63, 3.8) is 0 Å². The van der Waals surface area contributed by atoms with Gasteiger partial charge in [0.15, 0.2) is 0 Å². The van der Waals surface area contributed by atoms with Crippen molar-refractivity contribution in [2.75, 3.05) is 0 Å². The van der Waals surface area contributed by atoms with Crippen molar-refractivity contribution in [3.8, 4) is 12.3 Å². The Balaban J connectivity index is 4.86. The number of allylic oxidation sites excluding steroid dienone is 5.